The van der Waals surface area contributed by atoms with Crippen LogP contribution in [0.1, 0.15) is 29.1 Å². The summed E-state index contributed by atoms with van der Waals surface area (Å²) in [6.07, 6.45) is -1.39. The highest BCUT2D eigenvalue weighted by atomic mass is 16.5. The number of hydrogen-bond acceptors (Lipinski definition) is 6. The first-order chi connectivity index (χ1) is 14.5. The molecule has 9 nitrogen and oxygen atoms in total. The normalized spacial score (nSPS) is 11.5. The lowest BCUT2D eigenvalue weighted by atomic mass is 10.1. The molecule has 0 unspecified atom stereocenters. The van der Waals surface area contributed by atoms with Crippen LogP contribution >= 0.6 is 0 Å². The van der Waals surface area contributed by atoms with Crippen molar-refractivity contribution in [1.29, 1.82) is 0 Å². The molecule has 1 atom stereocenters. The number of aromatic nitrogens is 2. The maximum absolute atomic E-state index is 13.0. The lowest BCUT2D eigenvalue weighted by Crippen LogP contribution is -2.41. The van der Waals surface area contributed by atoms with Gasteiger partial charge in [0.2, 0.25) is 6.10 Å². The number of fused-ring (bicyclic) bond motifs is 1. The fourth-order valence-corrected chi connectivity index (χ4v) is 2.90. The van der Waals surface area contributed by atoms with Crippen molar-refractivity contribution >= 4 is 28.7 Å². The topological polar surface area (TPSA) is 119 Å². The van der Waals surface area contributed by atoms with Crippen LogP contribution in [0.4, 0.5) is 4.79 Å². The summed E-state index contributed by atoms with van der Waals surface area (Å²) in [6, 6.07) is 14.1. The number of benzene rings is 2. The van der Waals surface area contributed by atoms with Gasteiger partial charge in [0.05, 0.1) is 5.39 Å². The monoisotopic (exact) mass is 408 g/mol. The van der Waals surface area contributed by atoms with Crippen LogP contribution in [-0.4, -0.2) is 34.7 Å². The Balaban J connectivity index is 2.02. The number of hydrogen-bond donors (Lipinski definition) is 2. The summed E-state index contributed by atoms with van der Waals surface area (Å²) in [7, 11) is 1.36. The first kappa shape index (κ1) is 20.7. The summed E-state index contributed by atoms with van der Waals surface area (Å²) >= 11 is 0. The highest BCUT2D eigenvalue weighted by molar-refractivity contribution is 6.04. The fraction of sp³-hybridized carbons (Fsp3) is 0.190. The van der Waals surface area contributed by atoms with Crippen molar-refractivity contribution in [3.05, 3.63) is 76.2 Å². The SMILES string of the molecule is CCn1nc(C(=O)O[C@@H](C(=O)NC(=O)NC)c2ccccc2)c2ccccc2c1=O. The second-order valence-electron chi connectivity index (χ2n) is 6.28. The molecule has 1 heterocycles. The van der Waals surface area contributed by atoms with E-state index in [9.17, 15) is 19.2 Å². The third-order valence-electron chi connectivity index (χ3n) is 4.39. The predicted molar refractivity (Wildman–Crippen MR) is 109 cm³/mol. The van der Waals surface area contributed by atoms with Crippen LogP contribution < -0.4 is 16.2 Å². The van der Waals surface area contributed by atoms with Gasteiger partial charge in [-0.2, -0.15) is 5.10 Å². The third kappa shape index (κ3) is 4.19. The molecular formula is C21H20N4O5. The number of ether oxygens (including phenoxy) is 1. The smallest absolute Gasteiger partial charge is 0.360 e. The molecule has 0 aliphatic heterocycles. The zero-order valence-electron chi connectivity index (χ0n) is 16.4. The van der Waals surface area contributed by atoms with Crippen LogP contribution in [-0.2, 0) is 16.1 Å². The van der Waals surface area contributed by atoms with Gasteiger partial charge in [0, 0.05) is 24.5 Å². The summed E-state index contributed by atoms with van der Waals surface area (Å²) < 4.78 is 6.62. The minimum Gasteiger partial charge on any atom is -0.442 e. The van der Waals surface area contributed by atoms with E-state index < -0.39 is 24.0 Å². The van der Waals surface area contributed by atoms with Gasteiger partial charge in [-0.3, -0.25) is 14.9 Å². The van der Waals surface area contributed by atoms with Crippen LogP contribution in [0, 0.1) is 0 Å². The second-order valence-corrected chi connectivity index (χ2v) is 6.28. The van der Waals surface area contributed by atoms with E-state index in [0.29, 0.717) is 16.3 Å². The van der Waals surface area contributed by atoms with Gasteiger partial charge in [-0.25, -0.2) is 14.3 Å². The number of carbonyl (C=O) groups excluding carboxylic acids is 3. The third-order valence-corrected chi connectivity index (χ3v) is 4.39. The molecule has 0 spiro atoms. The zero-order chi connectivity index (χ0) is 21.7. The summed E-state index contributed by atoms with van der Waals surface area (Å²) in [5, 5.41) is 9.13. The van der Waals surface area contributed by atoms with E-state index in [1.54, 1.807) is 61.5 Å². The molecule has 3 rings (SSSR count). The number of aryl methyl sites for hydroxylation is 1. The van der Waals surface area contributed by atoms with Gasteiger partial charge in [0.1, 0.15) is 0 Å². The number of carbonyl (C=O) groups is 3. The number of esters is 1. The maximum Gasteiger partial charge on any atom is 0.360 e. The van der Waals surface area contributed by atoms with Crippen molar-refractivity contribution in [1.82, 2.24) is 20.4 Å². The van der Waals surface area contributed by atoms with Crippen molar-refractivity contribution < 1.29 is 19.1 Å². The average molecular weight is 408 g/mol. The van der Waals surface area contributed by atoms with E-state index in [1.165, 1.54) is 7.05 Å². The Labute approximate surface area is 171 Å². The Bertz CT molecular complexity index is 1160. The maximum atomic E-state index is 13.0. The molecule has 0 aliphatic rings. The van der Waals surface area contributed by atoms with E-state index in [-0.39, 0.29) is 17.8 Å². The zero-order valence-corrected chi connectivity index (χ0v) is 16.4. The number of nitrogens with zero attached hydrogens (tertiary/aromatic N) is 2. The number of nitrogens with one attached hydrogen (secondary N) is 2. The lowest BCUT2D eigenvalue weighted by Gasteiger charge is -2.18. The fourth-order valence-electron chi connectivity index (χ4n) is 2.90. The Morgan fingerprint density at radius 1 is 1.03 bits per heavy atom. The lowest BCUT2D eigenvalue weighted by molar-refractivity contribution is -0.129. The molecule has 1 aromatic heterocycles. The van der Waals surface area contributed by atoms with Gasteiger partial charge in [-0.1, -0.05) is 48.5 Å². The van der Waals surface area contributed by atoms with Crippen molar-refractivity contribution in [3.8, 4) is 0 Å². The Morgan fingerprint density at radius 2 is 1.67 bits per heavy atom. The highest BCUT2D eigenvalue weighted by Crippen LogP contribution is 2.21. The van der Waals surface area contributed by atoms with Crippen molar-refractivity contribution in [2.75, 3.05) is 7.05 Å². The Hall–Kier alpha value is -4.01. The van der Waals surface area contributed by atoms with Crippen molar-refractivity contribution in [3.63, 3.8) is 0 Å². The van der Waals surface area contributed by atoms with E-state index in [0.717, 1.165) is 4.68 Å². The minimum atomic E-state index is -1.39. The summed E-state index contributed by atoms with van der Waals surface area (Å²) in [5.41, 5.74) is -0.0530. The summed E-state index contributed by atoms with van der Waals surface area (Å²) in [6.45, 7) is 1.98. The van der Waals surface area contributed by atoms with Crippen LogP contribution in [0.25, 0.3) is 10.8 Å². The van der Waals surface area contributed by atoms with Gasteiger partial charge in [0.15, 0.2) is 5.69 Å². The number of imide groups is 1. The quantitative estimate of drug-likeness (QED) is 0.621. The summed E-state index contributed by atoms with van der Waals surface area (Å²) in [4.78, 5) is 49.7. The molecule has 2 aromatic carbocycles. The second kappa shape index (κ2) is 8.99. The first-order valence-electron chi connectivity index (χ1n) is 9.24. The predicted octanol–water partition coefficient (Wildman–Crippen LogP) is 1.77. The molecule has 2 N–H and O–H groups in total. The average Bonchev–Trinajstić information content (AvgIpc) is 2.78. The van der Waals surface area contributed by atoms with E-state index in [2.05, 4.69) is 15.7 Å². The highest BCUT2D eigenvalue weighted by Gasteiger charge is 2.28. The Kier molecular flexibility index (Phi) is 6.21. The van der Waals surface area contributed by atoms with Crippen LogP contribution in [0.2, 0.25) is 0 Å². The Morgan fingerprint density at radius 3 is 2.30 bits per heavy atom. The first-order valence-corrected chi connectivity index (χ1v) is 9.24. The van der Waals surface area contributed by atoms with Crippen LogP contribution in [0.5, 0.6) is 0 Å². The van der Waals surface area contributed by atoms with Gasteiger partial charge in [-0.05, 0) is 13.0 Å². The van der Waals surface area contributed by atoms with Gasteiger partial charge in [0.25, 0.3) is 11.5 Å². The molecule has 3 amide bonds. The molecule has 9 heteroatoms. The van der Waals surface area contributed by atoms with Crippen molar-refractivity contribution in [2.24, 2.45) is 0 Å². The molecule has 0 radical (unpaired) electrons. The molecule has 0 saturated carbocycles. The number of urea groups is 1. The van der Waals surface area contributed by atoms with Crippen LogP contribution in [0.15, 0.2) is 59.4 Å². The number of amides is 3. The number of rotatable bonds is 5. The molecule has 154 valence electrons. The molecule has 0 saturated heterocycles. The molecule has 0 fully saturated rings. The molecular weight excluding hydrogens is 388 g/mol. The largest absolute Gasteiger partial charge is 0.442 e. The molecule has 30 heavy (non-hydrogen) atoms. The van der Waals surface area contributed by atoms with Gasteiger partial charge >= 0.3 is 12.0 Å². The standard InChI is InChI=1S/C21H20N4O5/c1-3-25-19(27)15-12-8-7-11-14(15)16(24-25)20(28)30-17(13-9-5-4-6-10-13)18(26)23-21(29)22-2/h4-12,17H,3H2,1-2H3,(H2,22,23,26,29)/t17-/m1/s1. The molecule has 3 aromatic rings. The van der Waals surface area contributed by atoms with Gasteiger partial charge < -0.3 is 10.1 Å². The molecule has 0 bridgehead atoms. The molecule has 0 aliphatic carbocycles. The van der Waals surface area contributed by atoms with Gasteiger partial charge in [-0.15, -0.1) is 0 Å². The summed E-state index contributed by atoms with van der Waals surface area (Å²) in [5.74, 6) is -1.71. The van der Waals surface area contributed by atoms with Crippen molar-refractivity contribution in [2.45, 2.75) is 19.6 Å². The van der Waals surface area contributed by atoms with E-state index in [4.69, 9.17) is 4.74 Å². The van der Waals surface area contributed by atoms with E-state index >= 15 is 0 Å². The minimum absolute atomic E-state index is 0.0966. The van der Waals surface area contributed by atoms with Crippen LogP contribution in [0.3, 0.4) is 0 Å². The van der Waals surface area contributed by atoms with E-state index in [1.807, 2.05) is 0 Å².